The summed E-state index contributed by atoms with van der Waals surface area (Å²) in [5.74, 6) is 2.45. The van der Waals surface area contributed by atoms with E-state index in [4.69, 9.17) is 15.9 Å². The van der Waals surface area contributed by atoms with Gasteiger partial charge in [-0.1, -0.05) is 32.8 Å². The number of fused-ring (bicyclic) bond motifs is 1. The maximum Gasteiger partial charge on any atom is 0.343 e. The second-order valence-electron chi connectivity index (χ2n) is 8.46. The molecule has 0 saturated carbocycles. The Morgan fingerprint density at radius 1 is 1.25 bits per heavy atom. The molecule has 3 rings (SSSR count). The van der Waals surface area contributed by atoms with Gasteiger partial charge >= 0.3 is 5.97 Å². The van der Waals surface area contributed by atoms with Crippen LogP contribution in [0, 0.1) is 18.2 Å². The molecule has 28 heavy (non-hydrogen) atoms. The van der Waals surface area contributed by atoms with E-state index >= 15 is 0 Å². The van der Waals surface area contributed by atoms with Gasteiger partial charge in [-0.2, -0.15) is 0 Å². The molecule has 0 atom stereocenters. The highest BCUT2D eigenvalue weighted by Crippen LogP contribution is 2.46. The van der Waals surface area contributed by atoms with E-state index in [0.29, 0.717) is 28.9 Å². The highest BCUT2D eigenvalue weighted by molar-refractivity contribution is 5.92. The highest BCUT2D eigenvalue weighted by atomic mass is 19.1. The number of aryl methyl sites for hydroxylation is 1. The van der Waals surface area contributed by atoms with Gasteiger partial charge in [0.05, 0.1) is 11.1 Å². The molecule has 0 fully saturated rings. The molecule has 1 aliphatic heterocycles. The zero-order chi connectivity index (χ0) is 20.7. The molecule has 0 radical (unpaired) electrons. The van der Waals surface area contributed by atoms with E-state index in [0.717, 1.165) is 12.0 Å². The summed E-state index contributed by atoms with van der Waals surface area (Å²) in [6.45, 7) is 10.1. The Balaban J connectivity index is 1.99. The summed E-state index contributed by atoms with van der Waals surface area (Å²) in [5.41, 5.74) is 1.70. The summed E-state index contributed by atoms with van der Waals surface area (Å²) < 4.78 is 25.5. The van der Waals surface area contributed by atoms with Crippen molar-refractivity contribution in [3.63, 3.8) is 0 Å². The first kappa shape index (κ1) is 19.9. The standard InChI is InChI=1S/C24H25FO3/c1-7-15-9-10-18(13-20(15)25)27-22(26)17-11-16(8-2)21-19(12-17)23(3,4)14-24(5,6)28-21/h2,9-13H,7,14H2,1,3-6H3. The van der Waals surface area contributed by atoms with Crippen LogP contribution in [0.4, 0.5) is 4.39 Å². The van der Waals surface area contributed by atoms with Crippen LogP contribution in [0.1, 0.15) is 68.1 Å². The van der Waals surface area contributed by atoms with E-state index in [1.54, 1.807) is 24.3 Å². The monoisotopic (exact) mass is 380 g/mol. The van der Waals surface area contributed by atoms with E-state index in [-0.39, 0.29) is 22.6 Å². The van der Waals surface area contributed by atoms with Crippen molar-refractivity contribution in [1.82, 2.24) is 0 Å². The van der Waals surface area contributed by atoms with E-state index < -0.39 is 5.97 Å². The fraction of sp³-hybridized carbons (Fsp3) is 0.375. The number of terminal acetylenes is 1. The SMILES string of the molecule is C#Cc1cc(C(=O)Oc2ccc(CC)c(F)c2)cc2c1OC(C)(C)CC2(C)C. The minimum absolute atomic E-state index is 0.163. The lowest BCUT2D eigenvalue weighted by Gasteiger charge is -2.43. The number of halogens is 1. The van der Waals surface area contributed by atoms with Crippen molar-refractivity contribution in [3.05, 3.63) is 58.4 Å². The van der Waals surface area contributed by atoms with Gasteiger partial charge in [-0.15, -0.1) is 6.42 Å². The number of hydrogen-bond acceptors (Lipinski definition) is 3. The molecular weight excluding hydrogens is 355 g/mol. The second-order valence-corrected chi connectivity index (χ2v) is 8.46. The average Bonchev–Trinajstić information content (AvgIpc) is 2.59. The largest absolute Gasteiger partial charge is 0.486 e. The summed E-state index contributed by atoms with van der Waals surface area (Å²) in [6, 6.07) is 7.80. The van der Waals surface area contributed by atoms with Crippen molar-refractivity contribution in [2.24, 2.45) is 0 Å². The Morgan fingerprint density at radius 2 is 1.96 bits per heavy atom. The minimum Gasteiger partial charge on any atom is -0.486 e. The normalized spacial score (nSPS) is 16.5. The van der Waals surface area contributed by atoms with Crippen LogP contribution in [0.25, 0.3) is 0 Å². The van der Waals surface area contributed by atoms with Gasteiger partial charge in [0.15, 0.2) is 0 Å². The molecular formula is C24H25FO3. The lowest BCUT2D eigenvalue weighted by molar-refractivity contribution is 0.0529. The van der Waals surface area contributed by atoms with Crippen molar-refractivity contribution >= 4 is 5.97 Å². The number of benzene rings is 2. The van der Waals surface area contributed by atoms with Gasteiger partial charge in [0.25, 0.3) is 0 Å². The average molecular weight is 380 g/mol. The van der Waals surface area contributed by atoms with Gasteiger partial charge in [-0.05, 0) is 55.9 Å². The third kappa shape index (κ3) is 3.75. The maximum atomic E-state index is 14.0. The Morgan fingerprint density at radius 3 is 2.57 bits per heavy atom. The highest BCUT2D eigenvalue weighted by Gasteiger charge is 2.40. The summed E-state index contributed by atoms with van der Waals surface area (Å²) in [4.78, 5) is 12.7. The minimum atomic E-state index is -0.580. The predicted octanol–water partition coefficient (Wildman–Crippen LogP) is 5.43. The molecule has 0 unspecified atom stereocenters. The van der Waals surface area contributed by atoms with Gasteiger partial charge in [-0.25, -0.2) is 9.18 Å². The zero-order valence-electron chi connectivity index (χ0n) is 17.0. The van der Waals surface area contributed by atoms with Gasteiger partial charge < -0.3 is 9.47 Å². The molecule has 4 heteroatoms. The molecule has 0 bridgehead atoms. The third-order valence-electron chi connectivity index (χ3n) is 5.07. The first-order valence-electron chi connectivity index (χ1n) is 9.41. The number of hydrogen-bond donors (Lipinski definition) is 0. The molecule has 0 N–H and O–H groups in total. The van der Waals surface area contributed by atoms with Gasteiger partial charge in [0.2, 0.25) is 0 Å². The van der Waals surface area contributed by atoms with Crippen LogP contribution in [0.2, 0.25) is 0 Å². The van der Waals surface area contributed by atoms with Crippen LogP contribution >= 0.6 is 0 Å². The van der Waals surface area contributed by atoms with Crippen molar-refractivity contribution in [3.8, 4) is 23.8 Å². The zero-order valence-corrected chi connectivity index (χ0v) is 17.0. The van der Waals surface area contributed by atoms with Crippen molar-refractivity contribution in [2.45, 2.75) is 58.5 Å². The lowest BCUT2D eigenvalue weighted by atomic mass is 9.72. The molecule has 0 aromatic heterocycles. The van der Waals surface area contributed by atoms with Crippen LogP contribution in [-0.2, 0) is 11.8 Å². The van der Waals surface area contributed by atoms with E-state index in [1.165, 1.54) is 6.07 Å². The molecule has 0 aliphatic carbocycles. The number of carbonyl (C=O) groups is 1. The number of esters is 1. The number of ether oxygens (including phenoxy) is 2. The lowest BCUT2D eigenvalue weighted by Crippen LogP contribution is -2.41. The van der Waals surface area contributed by atoms with Crippen LogP contribution in [-0.4, -0.2) is 11.6 Å². The number of carbonyl (C=O) groups excluding carboxylic acids is 1. The Bertz CT molecular complexity index is 980. The molecule has 0 amide bonds. The predicted molar refractivity (Wildman–Crippen MR) is 107 cm³/mol. The summed E-state index contributed by atoms with van der Waals surface area (Å²) >= 11 is 0. The Labute approximate surface area is 165 Å². The van der Waals surface area contributed by atoms with Crippen molar-refractivity contribution in [1.29, 1.82) is 0 Å². The molecule has 0 spiro atoms. The molecule has 1 aliphatic rings. The van der Waals surface area contributed by atoms with E-state index in [9.17, 15) is 9.18 Å². The molecule has 2 aromatic carbocycles. The Kier molecular flexibility index (Phi) is 4.97. The van der Waals surface area contributed by atoms with Crippen LogP contribution in [0.3, 0.4) is 0 Å². The van der Waals surface area contributed by atoms with Crippen molar-refractivity contribution < 1.29 is 18.7 Å². The molecule has 146 valence electrons. The van der Waals surface area contributed by atoms with E-state index in [1.807, 2.05) is 20.8 Å². The fourth-order valence-corrected chi connectivity index (χ4v) is 3.98. The fourth-order valence-electron chi connectivity index (χ4n) is 3.98. The topological polar surface area (TPSA) is 35.5 Å². The second kappa shape index (κ2) is 6.98. The van der Waals surface area contributed by atoms with E-state index in [2.05, 4.69) is 19.8 Å². The smallest absolute Gasteiger partial charge is 0.343 e. The molecule has 3 nitrogen and oxygen atoms in total. The first-order chi connectivity index (χ1) is 13.1. The van der Waals surface area contributed by atoms with Gasteiger partial charge in [-0.3, -0.25) is 0 Å². The van der Waals surface area contributed by atoms with Crippen LogP contribution in [0.5, 0.6) is 11.5 Å². The molecule has 2 aromatic rings. The Hall–Kier alpha value is -2.80. The quantitative estimate of drug-likeness (QED) is 0.405. The molecule has 1 heterocycles. The molecule has 0 saturated heterocycles. The summed E-state index contributed by atoms with van der Waals surface area (Å²) in [6.07, 6.45) is 7.04. The van der Waals surface area contributed by atoms with Crippen LogP contribution < -0.4 is 9.47 Å². The summed E-state index contributed by atoms with van der Waals surface area (Å²) in [5, 5.41) is 0. The van der Waals surface area contributed by atoms with Gasteiger partial charge in [0, 0.05) is 11.6 Å². The maximum absolute atomic E-state index is 14.0. The third-order valence-corrected chi connectivity index (χ3v) is 5.07. The summed E-state index contributed by atoms with van der Waals surface area (Å²) in [7, 11) is 0. The number of rotatable bonds is 3. The van der Waals surface area contributed by atoms with Gasteiger partial charge in [0.1, 0.15) is 22.9 Å². The van der Waals surface area contributed by atoms with Crippen molar-refractivity contribution in [2.75, 3.05) is 0 Å². The first-order valence-corrected chi connectivity index (χ1v) is 9.41. The van der Waals surface area contributed by atoms with Crippen LogP contribution in [0.15, 0.2) is 30.3 Å².